The van der Waals surface area contributed by atoms with Crippen LogP contribution in [0, 0.1) is 0 Å². The van der Waals surface area contributed by atoms with Gasteiger partial charge in [0.2, 0.25) is 5.66 Å². The highest BCUT2D eigenvalue weighted by molar-refractivity contribution is 5.26. The van der Waals surface area contributed by atoms with Crippen LogP contribution in [0.4, 0.5) is 0 Å². The van der Waals surface area contributed by atoms with Crippen molar-refractivity contribution in [1.82, 2.24) is 0 Å². The van der Waals surface area contributed by atoms with Gasteiger partial charge < -0.3 is 0 Å². The van der Waals surface area contributed by atoms with E-state index in [1.165, 1.54) is 18.4 Å². The summed E-state index contributed by atoms with van der Waals surface area (Å²) in [4.78, 5) is 0. The maximum absolute atomic E-state index is 4.17. The summed E-state index contributed by atoms with van der Waals surface area (Å²) in [5, 5.41) is 8.33. The fourth-order valence-corrected chi connectivity index (χ4v) is 1.55. The lowest BCUT2D eigenvalue weighted by atomic mass is 9.98. The summed E-state index contributed by atoms with van der Waals surface area (Å²) in [5.41, 5.74) is 1.08. The molecule has 0 saturated carbocycles. The van der Waals surface area contributed by atoms with Crippen molar-refractivity contribution in [3.8, 4) is 0 Å². The highest BCUT2D eigenvalue weighted by Gasteiger charge is 2.40. The lowest BCUT2D eigenvalue weighted by Gasteiger charge is -2.09. The standard InChI is InChI=1S/C11H14N2/c1-2-3-9-11(12-13-11)10-7-5-4-6-8-10/h4-8H,2-3,9H2,1H3. The molecule has 0 radical (unpaired) electrons. The molecule has 13 heavy (non-hydrogen) atoms. The predicted octanol–water partition coefficient (Wildman–Crippen LogP) is 3.50. The van der Waals surface area contributed by atoms with Crippen LogP contribution in [0.3, 0.4) is 0 Å². The molecule has 0 amide bonds. The summed E-state index contributed by atoms with van der Waals surface area (Å²) >= 11 is 0. The first-order chi connectivity index (χ1) is 6.37. The van der Waals surface area contributed by atoms with Crippen molar-refractivity contribution in [1.29, 1.82) is 0 Å². The van der Waals surface area contributed by atoms with Crippen molar-refractivity contribution in [2.24, 2.45) is 10.2 Å². The van der Waals surface area contributed by atoms with Gasteiger partial charge in [-0.05, 0) is 6.42 Å². The van der Waals surface area contributed by atoms with Gasteiger partial charge in [0, 0.05) is 12.0 Å². The van der Waals surface area contributed by atoms with E-state index in [1.807, 2.05) is 18.2 Å². The average molecular weight is 174 g/mol. The van der Waals surface area contributed by atoms with Crippen LogP contribution >= 0.6 is 0 Å². The summed E-state index contributed by atoms with van der Waals surface area (Å²) in [6.07, 6.45) is 3.47. The zero-order chi connectivity index (χ0) is 9.15. The van der Waals surface area contributed by atoms with E-state index >= 15 is 0 Å². The summed E-state index contributed by atoms with van der Waals surface area (Å²) in [6, 6.07) is 10.3. The van der Waals surface area contributed by atoms with Crippen molar-refractivity contribution in [2.75, 3.05) is 0 Å². The molecule has 0 unspecified atom stereocenters. The highest BCUT2D eigenvalue weighted by atomic mass is 15.4. The van der Waals surface area contributed by atoms with Crippen LogP contribution in [-0.4, -0.2) is 0 Å². The van der Waals surface area contributed by atoms with Crippen LogP contribution in [0.15, 0.2) is 40.6 Å². The van der Waals surface area contributed by atoms with Crippen molar-refractivity contribution in [3.05, 3.63) is 35.9 Å². The van der Waals surface area contributed by atoms with Gasteiger partial charge in [-0.25, -0.2) is 0 Å². The second-order valence-electron chi connectivity index (χ2n) is 3.49. The molecule has 0 aromatic heterocycles. The fraction of sp³-hybridized carbons (Fsp3) is 0.455. The molecular weight excluding hydrogens is 160 g/mol. The maximum Gasteiger partial charge on any atom is 0.215 e. The molecule has 2 heteroatoms. The van der Waals surface area contributed by atoms with E-state index in [2.05, 4.69) is 29.3 Å². The molecule has 1 aromatic carbocycles. The average Bonchev–Trinajstić information content (AvgIpc) is 2.97. The Morgan fingerprint density at radius 2 is 1.85 bits per heavy atom. The quantitative estimate of drug-likeness (QED) is 0.667. The summed E-state index contributed by atoms with van der Waals surface area (Å²) in [5.74, 6) is 0. The normalized spacial score (nSPS) is 17.3. The summed E-state index contributed by atoms with van der Waals surface area (Å²) in [7, 11) is 0. The Morgan fingerprint density at radius 1 is 1.15 bits per heavy atom. The Hall–Kier alpha value is -1.18. The Balaban J connectivity index is 2.08. The van der Waals surface area contributed by atoms with E-state index in [4.69, 9.17) is 0 Å². The van der Waals surface area contributed by atoms with E-state index in [0.717, 1.165) is 6.42 Å². The number of benzene rings is 1. The summed E-state index contributed by atoms with van der Waals surface area (Å²) < 4.78 is 0. The number of rotatable bonds is 4. The summed E-state index contributed by atoms with van der Waals surface area (Å²) in [6.45, 7) is 2.20. The van der Waals surface area contributed by atoms with Gasteiger partial charge in [0.15, 0.2) is 0 Å². The van der Waals surface area contributed by atoms with E-state index < -0.39 is 0 Å². The Morgan fingerprint density at radius 3 is 2.38 bits per heavy atom. The van der Waals surface area contributed by atoms with E-state index in [0.29, 0.717) is 0 Å². The lowest BCUT2D eigenvalue weighted by molar-refractivity contribution is 0.544. The minimum Gasteiger partial charge on any atom is -0.154 e. The number of nitrogens with zero attached hydrogens (tertiary/aromatic N) is 2. The van der Waals surface area contributed by atoms with Gasteiger partial charge in [-0.2, -0.15) is 10.2 Å². The van der Waals surface area contributed by atoms with Gasteiger partial charge in [-0.15, -0.1) is 0 Å². The monoisotopic (exact) mass is 174 g/mol. The molecule has 68 valence electrons. The minimum atomic E-state index is -0.155. The number of hydrogen-bond acceptors (Lipinski definition) is 2. The molecule has 2 rings (SSSR count). The molecule has 0 N–H and O–H groups in total. The molecule has 0 spiro atoms. The molecule has 0 fully saturated rings. The Labute approximate surface area is 78.7 Å². The fourth-order valence-electron chi connectivity index (χ4n) is 1.55. The van der Waals surface area contributed by atoms with Crippen molar-refractivity contribution in [2.45, 2.75) is 31.8 Å². The smallest absolute Gasteiger partial charge is 0.154 e. The molecule has 0 aliphatic carbocycles. The van der Waals surface area contributed by atoms with E-state index in [-0.39, 0.29) is 5.66 Å². The van der Waals surface area contributed by atoms with Gasteiger partial charge >= 0.3 is 0 Å². The van der Waals surface area contributed by atoms with Crippen LogP contribution in [0.25, 0.3) is 0 Å². The maximum atomic E-state index is 4.17. The third-order valence-electron chi connectivity index (χ3n) is 2.46. The van der Waals surface area contributed by atoms with Crippen LogP contribution in [0.5, 0.6) is 0 Å². The molecule has 1 aliphatic heterocycles. The molecule has 1 heterocycles. The van der Waals surface area contributed by atoms with E-state index in [9.17, 15) is 0 Å². The zero-order valence-corrected chi connectivity index (χ0v) is 7.90. The molecular formula is C11H14N2. The van der Waals surface area contributed by atoms with Crippen LogP contribution in [-0.2, 0) is 5.66 Å². The lowest BCUT2D eigenvalue weighted by Crippen LogP contribution is -2.07. The molecule has 1 aromatic rings. The first-order valence-corrected chi connectivity index (χ1v) is 4.87. The van der Waals surface area contributed by atoms with Gasteiger partial charge in [0.1, 0.15) is 0 Å². The first kappa shape index (κ1) is 8.42. The zero-order valence-electron chi connectivity index (χ0n) is 7.90. The van der Waals surface area contributed by atoms with Crippen LogP contribution in [0.2, 0.25) is 0 Å². The second-order valence-corrected chi connectivity index (χ2v) is 3.49. The van der Waals surface area contributed by atoms with Gasteiger partial charge in [-0.1, -0.05) is 43.7 Å². The number of unbranched alkanes of at least 4 members (excludes halogenated alkanes) is 1. The topological polar surface area (TPSA) is 24.7 Å². The van der Waals surface area contributed by atoms with Gasteiger partial charge in [0.05, 0.1) is 0 Å². The predicted molar refractivity (Wildman–Crippen MR) is 52.5 cm³/mol. The second kappa shape index (κ2) is 3.29. The molecule has 1 aliphatic rings. The largest absolute Gasteiger partial charge is 0.215 e. The van der Waals surface area contributed by atoms with Crippen LogP contribution < -0.4 is 0 Å². The third kappa shape index (κ3) is 1.62. The molecule has 0 atom stereocenters. The Kier molecular flexibility index (Phi) is 2.13. The SMILES string of the molecule is CCCCC1(c2ccccc2)N=N1. The van der Waals surface area contributed by atoms with Gasteiger partial charge in [0.25, 0.3) is 0 Å². The molecule has 2 nitrogen and oxygen atoms in total. The first-order valence-electron chi connectivity index (χ1n) is 4.87. The molecule has 0 saturated heterocycles. The Bertz CT molecular complexity index is 297. The minimum absolute atomic E-state index is 0.155. The van der Waals surface area contributed by atoms with Gasteiger partial charge in [-0.3, -0.25) is 0 Å². The number of hydrogen-bond donors (Lipinski definition) is 0. The van der Waals surface area contributed by atoms with Crippen molar-refractivity contribution in [3.63, 3.8) is 0 Å². The molecule has 0 bridgehead atoms. The van der Waals surface area contributed by atoms with Crippen molar-refractivity contribution >= 4 is 0 Å². The van der Waals surface area contributed by atoms with Crippen molar-refractivity contribution < 1.29 is 0 Å². The third-order valence-corrected chi connectivity index (χ3v) is 2.46. The van der Waals surface area contributed by atoms with Crippen LogP contribution in [0.1, 0.15) is 31.7 Å². The highest BCUT2D eigenvalue weighted by Crippen LogP contribution is 2.43. The van der Waals surface area contributed by atoms with E-state index in [1.54, 1.807) is 0 Å².